The number of nitrogens with one attached hydrogen (secondary N) is 3. The zero-order chi connectivity index (χ0) is 24.8. The highest BCUT2D eigenvalue weighted by atomic mass is 19.1. The third kappa shape index (κ3) is 5.85. The molecule has 0 aliphatic rings. The predicted molar refractivity (Wildman–Crippen MR) is 127 cm³/mol. The van der Waals surface area contributed by atoms with Gasteiger partial charge >= 0.3 is 6.03 Å². The van der Waals surface area contributed by atoms with Crippen molar-refractivity contribution in [3.05, 3.63) is 83.9 Å². The van der Waals surface area contributed by atoms with Gasteiger partial charge in [-0.2, -0.15) is 0 Å². The first-order chi connectivity index (χ1) is 16.9. The average Bonchev–Trinajstić information content (AvgIpc) is 3.50. The molecule has 180 valence electrons. The largest absolute Gasteiger partial charge is 0.497 e. The number of ether oxygens (including phenoxy) is 1. The lowest BCUT2D eigenvalue weighted by Crippen LogP contribution is -2.30. The number of methoxy groups -OCH3 is 1. The molecular formula is C25H23FN4O5. The highest BCUT2D eigenvalue weighted by molar-refractivity contribution is 6.05. The van der Waals surface area contributed by atoms with Crippen molar-refractivity contribution in [2.75, 3.05) is 24.3 Å². The summed E-state index contributed by atoms with van der Waals surface area (Å²) in [4.78, 5) is 29.0. The van der Waals surface area contributed by atoms with Gasteiger partial charge in [0.1, 0.15) is 23.6 Å². The van der Waals surface area contributed by atoms with Gasteiger partial charge in [0, 0.05) is 24.2 Å². The Morgan fingerprint density at radius 3 is 2.57 bits per heavy atom. The molecule has 0 atom stereocenters. The Balaban J connectivity index is 1.29. The Morgan fingerprint density at radius 1 is 1.06 bits per heavy atom. The fourth-order valence-corrected chi connectivity index (χ4v) is 3.28. The molecule has 0 aliphatic heterocycles. The van der Waals surface area contributed by atoms with Crippen LogP contribution in [0.2, 0.25) is 0 Å². The molecule has 35 heavy (non-hydrogen) atoms. The van der Waals surface area contributed by atoms with E-state index in [1.165, 1.54) is 30.7 Å². The van der Waals surface area contributed by atoms with E-state index in [9.17, 15) is 14.0 Å². The van der Waals surface area contributed by atoms with E-state index in [-0.39, 0.29) is 5.69 Å². The number of benzene rings is 2. The highest BCUT2D eigenvalue weighted by Crippen LogP contribution is 2.23. The number of carbonyl (C=O) groups is 2. The fourth-order valence-electron chi connectivity index (χ4n) is 3.28. The summed E-state index contributed by atoms with van der Waals surface area (Å²) in [6, 6.07) is 12.2. The standard InChI is InChI=1S/C25H23FN4O5/c1-15-20(10-12-34-15)23(31)30-22-13-17(5-8-21(22)26)29-25(32)27-11-9-18-14-35-24(28-18)16-3-6-19(33-2)7-4-16/h3-8,10,12-14H,9,11H2,1-2H3,(H,30,31)(H2,27,29,32). The quantitative estimate of drug-likeness (QED) is 0.328. The van der Waals surface area contributed by atoms with Crippen LogP contribution in [-0.2, 0) is 6.42 Å². The van der Waals surface area contributed by atoms with E-state index < -0.39 is 17.8 Å². The number of urea groups is 1. The predicted octanol–water partition coefficient (Wildman–Crippen LogP) is 5.01. The van der Waals surface area contributed by atoms with Crippen LogP contribution in [0.4, 0.5) is 20.6 Å². The van der Waals surface area contributed by atoms with Gasteiger partial charge in [0.05, 0.1) is 30.3 Å². The van der Waals surface area contributed by atoms with Crippen LogP contribution in [0.3, 0.4) is 0 Å². The van der Waals surface area contributed by atoms with Crippen LogP contribution in [0.5, 0.6) is 5.75 Å². The van der Waals surface area contributed by atoms with Gasteiger partial charge in [-0.15, -0.1) is 0 Å². The van der Waals surface area contributed by atoms with E-state index in [0.29, 0.717) is 41.6 Å². The molecular weight excluding hydrogens is 455 g/mol. The molecule has 3 amide bonds. The summed E-state index contributed by atoms with van der Waals surface area (Å²) < 4.78 is 29.9. The first kappa shape index (κ1) is 23.6. The van der Waals surface area contributed by atoms with Crippen LogP contribution in [0, 0.1) is 12.7 Å². The number of carbonyl (C=O) groups excluding carboxylic acids is 2. The molecule has 0 spiro atoms. The van der Waals surface area contributed by atoms with Crippen molar-refractivity contribution >= 4 is 23.3 Å². The number of rotatable bonds is 8. The number of hydrogen-bond donors (Lipinski definition) is 3. The van der Waals surface area contributed by atoms with Crippen molar-refractivity contribution < 1.29 is 27.6 Å². The number of halogens is 1. The molecule has 2 aromatic heterocycles. The molecule has 0 saturated heterocycles. The maximum Gasteiger partial charge on any atom is 0.319 e. The normalized spacial score (nSPS) is 10.6. The summed E-state index contributed by atoms with van der Waals surface area (Å²) in [5, 5.41) is 7.80. The van der Waals surface area contributed by atoms with Gasteiger partial charge in [0.2, 0.25) is 5.89 Å². The number of aromatic nitrogens is 1. The SMILES string of the molecule is COc1ccc(-c2nc(CCNC(=O)Nc3ccc(F)c(NC(=O)c4ccoc4C)c3)co2)cc1. The monoisotopic (exact) mass is 478 g/mol. The third-order valence-electron chi connectivity index (χ3n) is 5.13. The smallest absolute Gasteiger partial charge is 0.319 e. The maximum absolute atomic E-state index is 14.2. The topological polar surface area (TPSA) is 119 Å². The summed E-state index contributed by atoms with van der Waals surface area (Å²) >= 11 is 0. The van der Waals surface area contributed by atoms with Crippen molar-refractivity contribution in [1.29, 1.82) is 0 Å². The van der Waals surface area contributed by atoms with E-state index in [1.807, 2.05) is 24.3 Å². The second kappa shape index (κ2) is 10.6. The number of oxazole rings is 1. The molecule has 4 rings (SSSR count). The Hall–Kier alpha value is -4.60. The molecule has 0 bridgehead atoms. The highest BCUT2D eigenvalue weighted by Gasteiger charge is 2.15. The molecule has 3 N–H and O–H groups in total. The summed E-state index contributed by atoms with van der Waals surface area (Å²) in [6.07, 6.45) is 3.36. The lowest BCUT2D eigenvalue weighted by molar-refractivity contribution is 0.102. The lowest BCUT2D eigenvalue weighted by Gasteiger charge is -2.10. The van der Waals surface area contributed by atoms with Crippen LogP contribution in [0.1, 0.15) is 21.8 Å². The Kier molecular flexibility index (Phi) is 7.10. The van der Waals surface area contributed by atoms with Gasteiger partial charge < -0.3 is 29.5 Å². The summed E-state index contributed by atoms with van der Waals surface area (Å²) in [5.74, 6) is 0.473. The van der Waals surface area contributed by atoms with Gasteiger partial charge in [0.25, 0.3) is 5.91 Å². The second-order valence-electron chi connectivity index (χ2n) is 7.54. The molecule has 2 heterocycles. The van der Waals surface area contributed by atoms with E-state index in [1.54, 1.807) is 14.0 Å². The van der Waals surface area contributed by atoms with Crippen LogP contribution >= 0.6 is 0 Å². The van der Waals surface area contributed by atoms with Crippen molar-refractivity contribution in [3.8, 4) is 17.2 Å². The minimum absolute atomic E-state index is 0.0675. The molecule has 10 heteroatoms. The van der Waals surface area contributed by atoms with E-state index in [0.717, 1.165) is 17.4 Å². The molecule has 4 aromatic rings. The zero-order valence-electron chi connectivity index (χ0n) is 19.1. The number of aryl methyl sites for hydroxylation is 1. The van der Waals surface area contributed by atoms with Crippen LogP contribution in [-0.4, -0.2) is 30.6 Å². The molecule has 0 saturated carbocycles. The number of nitrogens with zero attached hydrogens (tertiary/aromatic N) is 1. The molecule has 0 fully saturated rings. The van der Waals surface area contributed by atoms with Crippen molar-refractivity contribution in [1.82, 2.24) is 10.3 Å². The Bertz CT molecular complexity index is 1330. The van der Waals surface area contributed by atoms with Gasteiger partial charge in [-0.3, -0.25) is 4.79 Å². The van der Waals surface area contributed by atoms with E-state index in [2.05, 4.69) is 20.9 Å². The van der Waals surface area contributed by atoms with Crippen molar-refractivity contribution in [2.24, 2.45) is 0 Å². The molecule has 0 unspecified atom stereocenters. The maximum atomic E-state index is 14.2. The van der Waals surface area contributed by atoms with E-state index in [4.69, 9.17) is 13.6 Å². The number of amides is 3. The first-order valence-electron chi connectivity index (χ1n) is 10.7. The summed E-state index contributed by atoms with van der Waals surface area (Å²) in [6.45, 7) is 1.93. The van der Waals surface area contributed by atoms with Crippen molar-refractivity contribution in [2.45, 2.75) is 13.3 Å². The van der Waals surface area contributed by atoms with Gasteiger partial charge in [-0.05, 0) is 55.5 Å². The Morgan fingerprint density at radius 2 is 1.86 bits per heavy atom. The van der Waals surface area contributed by atoms with E-state index >= 15 is 0 Å². The second-order valence-corrected chi connectivity index (χ2v) is 7.54. The van der Waals surface area contributed by atoms with Crippen LogP contribution in [0.15, 0.2) is 69.9 Å². The number of furan rings is 1. The summed E-state index contributed by atoms with van der Waals surface area (Å²) in [7, 11) is 1.60. The minimum Gasteiger partial charge on any atom is -0.497 e. The molecule has 0 aliphatic carbocycles. The average molecular weight is 478 g/mol. The van der Waals surface area contributed by atoms with Gasteiger partial charge in [-0.25, -0.2) is 14.2 Å². The van der Waals surface area contributed by atoms with Crippen LogP contribution < -0.4 is 20.7 Å². The van der Waals surface area contributed by atoms with Crippen molar-refractivity contribution in [3.63, 3.8) is 0 Å². The minimum atomic E-state index is -0.635. The number of hydrogen-bond acceptors (Lipinski definition) is 6. The van der Waals surface area contributed by atoms with Gasteiger partial charge in [-0.1, -0.05) is 0 Å². The van der Waals surface area contributed by atoms with Crippen LogP contribution in [0.25, 0.3) is 11.5 Å². The molecule has 0 radical (unpaired) electrons. The molecule has 9 nitrogen and oxygen atoms in total. The fraction of sp³-hybridized carbons (Fsp3) is 0.160. The first-order valence-corrected chi connectivity index (χ1v) is 10.7. The number of anilines is 2. The third-order valence-corrected chi connectivity index (χ3v) is 5.13. The zero-order valence-corrected chi connectivity index (χ0v) is 19.1. The molecule has 2 aromatic carbocycles. The lowest BCUT2D eigenvalue weighted by atomic mass is 10.2. The Labute approximate surface area is 200 Å². The summed E-state index contributed by atoms with van der Waals surface area (Å²) in [5.41, 5.74) is 2.03. The van der Waals surface area contributed by atoms with Gasteiger partial charge in [0.15, 0.2) is 0 Å².